The van der Waals surface area contributed by atoms with Gasteiger partial charge in [-0.3, -0.25) is 4.57 Å². The number of fused-ring (bicyclic) bond motifs is 1. The van der Waals surface area contributed by atoms with Gasteiger partial charge in [0.15, 0.2) is 0 Å². The van der Waals surface area contributed by atoms with Crippen LogP contribution in [0, 0.1) is 0 Å². The van der Waals surface area contributed by atoms with E-state index < -0.39 is 11.7 Å². The maximum Gasteiger partial charge on any atom is 0.408 e. The van der Waals surface area contributed by atoms with E-state index in [1.54, 1.807) is 0 Å². The van der Waals surface area contributed by atoms with E-state index in [1.807, 2.05) is 87.7 Å². The second-order valence-corrected chi connectivity index (χ2v) is 7.59. The predicted molar refractivity (Wildman–Crippen MR) is 110 cm³/mol. The van der Waals surface area contributed by atoms with Crippen molar-refractivity contribution in [2.75, 3.05) is 6.61 Å². The van der Waals surface area contributed by atoms with Crippen LogP contribution in [0.4, 0.5) is 4.79 Å². The largest absolute Gasteiger partial charge is 0.494 e. The van der Waals surface area contributed by atoms with E-state index in [9.17, 15) is 4.79 Å². The van der Waals surface area contributed by atoms with Gasteiger partial charge in [-0.15, -0.1) is 0 Å². The molecular formula is C22H27N3O3. The zero-order valence-corrected chi connectivity index (χ0v) is 17.0. The van der Waals surface area contributed by atoms with Crippen molar-refractivity contribution in [2.45, 2.75) is 46.3 Å². The van der Waals surface area contributed by atoms with Crippen molar-refractivity contribution in [1.29, 1.82) is 0 Å². The highest BCUT2D eigenvalue weighted by Crippen LogP contribution is 2.26. The maximum absolute atomic E-state index is 12.2. The van der Waals surface area contributed by atoms with Gasteiger partial charge < -0.3 is 14.8 Å². The third kappa shape index (κ3) is 4.44. The highest BCUT2D eigenvalue weighted by atomic mass is 16.6. The van der Waals surface area contributed by atoms with E-state index in [2.05, 4.69) is 5.32 Å². The number of carbonyl (C=O) groups is 1. The molecule has 3 rings (SSSR count). The lowest BCUT2D eigenvalue weighted by Gasteiger charge is -2.22. The van der Waals surface area contributed by atoms with Crippen LogP contribution in [0.5, 0.6) is 5.75 Å². The SMILES string of the molecule is CCOc1ccc(-n2c(C(C)NC(=O)OC(C)(C)C)nc3ccccc32)cc1. The average molecular weight is 381 g/mol. The van der Waals surface area contributed by atoms with Gasteiger partial charge in [0.05, 0.1) is 23.7 Å². The summed E-state index contributed by atoms with van der Waals surface area (Å²) < 4.78 is 13.0. The molecule has 1 atom stereocenters. The van der Waals surface area contributed by atoms with Gasteiger partial charge in [-0.2, -0.15) is 0 Å². The minimum Gasteiger partial charge on any atom is -0.494 e. The molecule has 0 aliphatic rings. The van der Waals surface area contributed by atoms with Crippen molar-refractivity contribution < 1.29 is 14.3 Å². The van der Waals surface area contributed by atoms with Gasteiger partial charge in [0.2, 0.25) is 0 Å². The minimum absolute atomic E-state index is 0.339. The monoisotopic (exact) mass is 381 g/mol. The van der Waals surface area contributed by atoms with Crippen LogP contribution < -0.4 is 10.1 Å². The third-order valence-corrected chi connectivity index (χ3v) is 4.11. The Kier molecular flexibility index (Phi) is 5.58. The summed E-state index contributed by atoms with van der Waals surface area (Å²) in [5.41, 5.74) is 2.23. The second-order valence-electron chi connectivity index (χ2n) is 7.59. The van der Waals surface area contributed by atoms with Crippen LogP contribution in [0.2, 0.25) is 0 Å². The Morgan fingerprint density at radius 1 is 1.14 bits per heavy atom. The molecule has 148 valence electrons. The number of aromatic nitrogens is 2. The Labute approximate surface area is 165 Å². The summed E-state index contributed by atoms with van der Waals surface area (Å²) in [5, 5.41) is 2.89. The molecule has 0 bridgehead atoms. The lowest BCUT2D eigenvalue weighted by molar-refractivity contribution is 0.0505. The van der Waals surface area contributed by atoms with Crippen molar-refractivity contribution in [3.05, 3.63) is 54.4 Å². The van der Waals surface area contributed by atoms with Crippen LogP contribution in [-0.4, -0.2) is 27.9 Å². The molecule has 0 saturated heterocycles. The molecule has 0 aliphatic carbocycles. The van der Waals surface area contributed by atoms with Crippen LogP contribution in [0.3, 0.4) is 0 Å². The molecule has 0 spiro atoms. The number of nitrogens with zero attached hydrogens (tertiary/aromatic N) is 2. The molecule has 6 nitrogen and oxygen atoms in total. The zero-order chi connectivity index (χ0) is 20.3. The normalized spacial score (nSPS) is 12.6. The topological polar surface area (TPSA) is 65.4 Å². The molecule has 0 fully saturated rings. The van der Waals surface area contributed by atoms with Gasteiger partial charge in [0.1, 0.15) is 17.2 Å². The van der Waals surface area contributed by atoms with Gasteiger partial charge in [-0.25, -0.2) is 9.78 Å². The fourth-order valence-electron chi connectivity index (χ4n) is 3.01. The number of benzene rings is 2. The number of para-hydroxylation sites is 2. The smallest absolute Gasteiger partial charge is 0.408 e. The lowest BCUT2D eigenvalue weighted by atomic mass is 10.2. The van der Waals surface area contributed by atoms with Gasteiger partial charge in [0, 0.05) is 5.69 Å². The third-order valence-electron chi connectivity index (χ3n) is 4.11. The number of alkyl carbamates (subject to hydrolysis) is 1. The molecule has 1 amide bonds. The van der Waals surface area contributed by atoms with E-state index in [4.69, 9.17) is 14.5 Å². The van der Waals surface area contributed by atoms with Crippen LogP contribution in [0.25, 0.3) is 16.7 Å². The number of ether oxygens (including phenoxy) is 2. The molecule has 0 aliphatic heterocycles. The first-order valence-corrected chi connectivity index (χ1v) is 9.48. The fourth-order valence-corrected chi connectivity index (χ4v) is 3.01. The number of nitrogens with one attached hydrogen (secondary N) is 1. The van der Waals surface area contributed by atoms with Crippen molar-refractivity contribution in [2.24, 2.45) is 0 Å². The summed E-state index contributed by atoms with van der Waals surface area (Å²) in [6, 6.07) is 15.4. The minimum atomic E-state index is -0.557. The number of amides is 1. The molecule has 3 aromatic rings. The molecular weight excluding hydrogens is 354 g/mol. The molecule has 0 saturated carbocycles. The van der Waals surface area contributed by atoms with Gasteiger partial charge in [-0.1, -0.05) is 12.1 Å². The lowest BCUT2D eigenvalue weighted by Crippen LogP contribution is -2.34. The first-order chi connectivity index (χ1) is 13.3. The van der Waals surface area contributed by atoms with E-state index in [1.165, 1.54) is 0 Å². The Morgan fingerprint density at radius 2 is 1.82 bits per heavy atom. The van der Waals surface area contributed by atoms with Crippen LogP contribution in [0.1, 0.15) is 46.5 Å². The highest BCUT2D eigenvalue weighted by Gasteiger charge is 2.22. The van der Waals surface area contributed by atoms with Gasteiger partial charge in [0.25, 0.3) is 0 Å². The van der Waals surface area contributed by atoms with E-state index >= 15 is 0 Å². The van der Waals surface area contributed by atoms with E-state index in [-0.39, 0.29) is 6.04 Å². The Balaban J connectivity index is 1.98. The molecule has 2 aromatic carbocycles. The Bertz CT molecular complexity index is 955. The quantitative estimate of drug-likeness (QED) is 0.675. The number of carbonyl (C=O) groups excluding carboxylic acids is 1. The summed E-state index contributed by atoms with van der Waals surface area (Å²) >= 11 is 0. The Morgan fingerprint density at radius 3 is 2.46 bits per heavy atom. The van der Waals surface area contributed by atoms with E-state index in [0.29, 0.717) is 6.61 Å². The summed E-state index contributed by atoms with van der Waals surface area (Å²) in [6.07, 6.45) is -0.467. The maximum atomic E-state index is 12.2. The second kappa shape index (κ2) is 7.92. The number of rotatable bonds is 5. The van der Waals surface area contributed by atoms with E-state index in [0.717, 1.165) is 28.3 Å². The van der Waals surface area contributed by atoms with Crippen molar-refractivity contribution in [1.82, 2.24) is 14.9 Å². The first-order valence-electron chi connectivity index (χ1n) is 9.48. The molecule has 1 aromatic heterocycles. The summed E-state index contributed by atoms with van der Waals surface area (Å²) in [5.74, 6) is 1.55. The molecule has 1 unspecified atom stereocenters. The van der Waals surface area contributed by atoms with Crippen molar-refractivity contribution >= 4 is 17.1 Å². The van der Waals surface area contributed by atoms with Crippen molar-refractivity contribution in [3.63, 3.8) is 0 Å². The van der Waals surface area contributed by atoms with Gasteiger partial charge >= 0.3 is 6.09 Å². The summed E-state index contributed by atoms with van der Waals surface area (Å²) in [7, 11) is 0. The fraction of sp³-hybridized carbons (Fsp3) is 0.364. The number of hydrogen-bond donors (Lipinski definition) is 1. The average Bonchev–Trinajstić information content (AvgIpc) is 3.01. The van der Waals surface area contributed by atoms with Crippen LogP contribution in [0.15, 0.2) is 48.5 Å². The predicted octanol–water partition coefficient (Wildman–Crippen LogP) is 5.01. The first kappa shape index (κ1) is 19.7. The Hall–Kier alpha value is -3.02. The molecule has 1 heterocycles. The van der Waals surface area contributed by atoms with Gasteiger partial charge in [-0.05, 0) is 71.0 Å². The summed E-state index contributed by atoms with van der Waals surface area (Å²) in [6.45, 7) is 10.00. The highest BCUT2D eigenvalue weighted by molar-refractivity contribution is 5.78. The van der Waals surface area contributed by atoms with Crippen molar-refractivity contribution in [3.8, 4) is 11.4 Å². The zero-order valence-electron chi connectivity index (χ0n) is 17.0. The van der Waals surface area contributed by atoms with Crippen LogP contribution in [-0.2, 0) is 4.74 Å². The molecule has 6 heteroatoms. The molecule has 0 radical (unpaired) electrons. The number of hydrogen-bond acceptors (Lipinski definition) is 4. The molecule has 28 heavy (non-hydrogen) atoms. The molecule has 1 N–H and O–H groups in total. The standard InChI is InChI=1S/C22H27N3O3/c1-6-27-17-13-11-16(12-14-17)25-19-10-8-7-9-18(19)24-20(25)15(2)23-21(26)28-22(3,4)5/h7-15H,6H2,1-5H3,(H,23,26). The van der Waals surface area contributed by atoms with Crippen LogP contribution >= 0.6 is 0 Å². The number of imidazole rings is 1. The summed E-state index contributed by atoms with van der Waals surface area (Å²) in [4.78, 5) is 17.0.